The number of benzene rings is 2. The van der Waals surface area contributed by atoms with Crippen LogP contribution < -0.4 is 15.3 Å². The summed E-state index contributed by atoms with van der Waals surface area (Å²) in [5.41, 5.74) is 7.40. The number of hydrogen-bond donors (Lipinski definition) is 0. The molecule has 3 aliphatic rings. The van der Waals surface area contributed by atoms with Crippen molar-refractivity contribution < 1.29 is 0 Å². The van der Waals surface area contributed by atoms with Gasteiger partial charge in [-0.3, -0.25) is 0 Å². The van der Waals surface area contributed by atoms with Crippen LogP contribution in [0.4, 0.5) is 11.4 Å². The highest BCUT2D eigenvalue weighted by Crippen LogP contribution is 2.42. The molecule has 0 amide bonds. The lowest BCUT2D eigenvalue weighted by Crippen LogP contribution is -2.37. The third-order valence-corrected chi connectivity index (χ3v) is 12.1. The van der Waals surface area contributed by atoms with Gasteiger partial charge in [0.15, 0.2) is 0 Å². The van der Waals surface area contributed by atoms with E-state index in [0.29, 0.717) is 11.6 Å². The molecule has 0 radical (unpaired) electrons. The van der Waals surface area contributed by atoms with E-state index in [4.69, 9.17) is 0 Å². The Morgan fingerprint density at radius 3 is 2.33 bits per heavy atom. The molecule has 30 heavy (non-hydrogen) atoms. The van der Waals surface area contributed by atoms with Crippen LogP contribution >= 0.6 is 15.9 Å². The summed E-state index contributed by atoms with van der Waals surface area (Å²) in [5.74, 6) is 0. The van der Waals surface area contributed by atoms with Gasteiger partial charge < -0.3 is 4.90 Å². The minimum absolute atomic E-state index is 0.348. The first-order valence-corrected chi connectivity index (χ1v) is 14.7. The zero-order valence-electron chi connectivity index (χ0n) is 18.3. The third-order valence-electron chi connectivity index (χ3n) is 7.24. The first kappa shape index (κ1) is 19.8. The van der Waals surface area contributed by atoms with Gasteiger partial charge in [-0.05, 0) is 82.0 Å². The van der Waals surface area contributed by atoms with Gasteiger partial charge in [-0.15, -0.1) is 0 Å². The van der Waals surface area contributed by atoms with Crippen LogP contribution in [0.1, 0.15) is 26.3 Å². The van der Waals surface area contributed by atoms with E-state index in [1.807, 2.05) is 0 Å². The Labute approximate surface area is 189 Å². The first-order chi connectivity index (χ1) is 14.3. The zero-order chi connectivity index (χ0) is 21.2. The molecule has 1 atom stereocenters. The van der Waals surface area contributed by atoms with Crippen molar-refractivity contribution >= 4 is 52.2 Å². The summed E-state index contributed by atoms with van der Waals surface area (Å²) in [5, 5.41) is 4.41. The highest BCUT2D eigenvalue weighted by molar-refractivity contribution is 9.10. The number of fused-ring (bicyclic) bond motifs is 2. The molecule has 0 N–H and O–H groups in total. The monoisotopic (exact) mass is 473 g/mol. The fourth-order valence-electron chi connectivity index (χ4n) is 5.56. The number of para-hydroxylation sites is 1. The van der Waals surface area contributed by atoms with Crippen molar-refractivity contribution in [2.75, 3.05) is 4.90 Å². The molecule has 0 saturated carbocycles. The van der Waals surface area contributed by atoms with Crippen molar-refractivity contribution in [1.82, 2.24) is 0 Å². The average Bonchev–Trinajstić information content (AvgIpc) is 3.42. The molecule has 2 aromatic carbocycles. The topological polar surface area (TPSA) is 3.24 Å². The SMILES string of the molecule is CC1=Cc2c(Br)c3c(cc2=C1[Si](C)(C)C1C=CC=C1)N(c1ccccc1)C(C)C=3C. The molecular weight excluding hydrogens is 446 g/mol. The lowest BCUT2D eigenvalue weighted by atomic mass is 10.1. The minimum atomic E-state index is -1.71. The van der Waals surface area contributed by atoms with E-state index < -0.39 is 8.07 Å². The highest BCUT2D eigenvalue weighted by atomic mass is 79.9. The second-order valence-corrected chi connectivity index (χ2v) is 14.7. The summed E-state index contributed by atoms with van der Waals surface area (Å²) in [6.07, 6.45) is 11.6. The number of nitrogens with zero attached hydrogens (tertiary/aromatic N) is 1. The Kier molecular flexibility index (Phi) is 4.60. The molecule has 0 spiro atoms. The van der Waals surface area contributed by atoms with Crippen LogP contribution in [-0.4, -0.2) is 14.1 Å². The summed E-state index contributed by atoms with van der Waals surface area (Å²) in [7, 11) is -1.71. The Balaban J connectivity index is 1.81. The maximum absolute atomic E-state index is 4.04. The van der Waals surface area contributed by atoms with Crippen LogP contribution in [0.15, 0.2) is 70.7 Å². The van der Waals surface area contributed by atoms with Gasteiger partial charge in [0, 0.05) is 15.4 Å². The molecule has 2 aromatic rings. The lowest BCUT2D eigenvalue weighted by molar-refractivity contribution is 0.899. The van der Waals surface area contributed by atoms with Gasteiger partial charge in [0.2, 0.25) is 0 Å². The van der Waals surface area contributed by atoms with Gasteiger partial charge in [-0.25, -0.2) is 0 Å². The second-order valence-electron chi connectivity index (χ2n) is 9.33. The average molecular weight is 475 g/mol. The molecular formula is C27H28BrNSi. The van der Waals surface area contributed by atoms with Crippen LogP contribution in [0.2, 0.25) is 18.6 Å². The molecule has 1 heterocycles. The van der Waals surface area contributed by atoms with E-state index in [1.165, 1.54) is 43.0 Å². The predicted octanol–water partition coefficient (Wildman–Crippen LogP) is 6.47. The largest absolute Gasteiger partial charge is 0.334 e. The van der Waals surface area contributed by atoms with Gasteiger partial charge in [-0.2, -0.15) is 0 Å². The second kappa shape index (κ2) is 6.96. The van der Waals surface area contributed by atoms with Crippen LogP contribution in [0.3, 0.4) is 0 Å². The quantitative estimate of drug-likeness (QED) is 0.461. The number of hydrogen-bond acceptors (Lipinski definition) is 1. The Morgan fingerprint density at radius 1 is 1.00 bits per heavy atom. The van der Waals surface area contributed by atoms with Crippen LogP contribution in [0.25, 0.3) is 16.8 Å². The van der Waals surface area contributed by atoms with Gasteiger partial charge >= 0.3 is 0 Å². The summed E-state index contributed by atoms with van der Waals surface area (Å²) < 4.78 is 1.26. The zero-order valence-corrected chi connectivity index (χ0v) is 20.9. The summed E-state index contributed by atoms with van der Waals surface area (Å²) in [6.45, 7) is 12.0. The van der Waals surface area contributed by atoms with E-state index in [0.717, 1.165) is 0 Å². The Bertz CT molecular complexity index is 1250. The van der Waals surface area contributed by atoms with Crippen molar-refractivity contribution in [1.29, 1.82) is 0 Å². The summed E-state index contributed by atoms with van der Waals surface area (Å²) >= 11 is 4.04. The van der Waals surface area contributed by atoms with Crippen LogP contribution in [0, 0.1) is 0 Å². The van der Waals surface area contributed by atoms with Gasteiger partial charge in [-0.1, -0.05) is 67.2 Å². The maximum Gasteiger partial charge on any atom is 0.0923 e. The Hall–Kier alpha value is -2.10. The lowest BCUT2D eigenvalue weighted by Gasteiger charge is -2.30. The van der Waals surface area contributed by atoms with Crippen LogP contribution in [-0.2, 0) is 0 Å². The van der Waals surface area contributed by atoms with E-state index in [9.17, 15) is 0 Å². The molecule has 1 aliphatic heterocycles. The summed E-state index contributed by atoms with van der Waals surface area (Å²) in [4.78, 5) is 2.50. The summed E-state index contributed by atoms with van der Waals surface area (Å²) in [6, 6.07) is 13.6. The smallest absolute Gasteiger partial charge is 0.0923 e. The molecule has 1 nitrogen and oxygen atoms in total. The molecule has 152 valence electrons. The molecule has 0 bridgehead atoms. The fraction of sp³-hybridized carbons (Fsp3) is 0.259. The highest BCUT2D eigenvalue weighted by Gasteiger charge is 2.38. The van der Waals surface area contributed by atoms with E-state index >= 15 is 0 Å². The molecule has 5 rings (SSSR count). The van der Waals surface area contributed by atoms with Crippen molar-refractivity contribution in [2.45, 2.75) is 45.4 Å². The third kappa shape index (κ3) is 2.71. The number of anilines is 2. The number of allylic oxidation sites excluding steroid dienone is 5. The van der Waals surface area contributed by atoms with Gasteiger partial charge in [0.05, 0.1) is 19.8 Å². The number of rotatable bonds is 3. The van der Waals surface area contributed by atoms with Crippen molar-refractivity contribution in [3.05, 3.63) is 86.7 Å². The van der Waals surface area contributed by atoms with Crippen molar-refractivity contribution in [2.24, 2.45) is 0 Å². The maximum atomic E-state index is 4.04. The normalized spacial score (nSPS) is 20.3. The molecule has 3 heteroatoms. The predicted molar refractivity (Wildman–Crippen MR) is 137 cm³/mol. The van der Waals surface area contributed by atoms with Gasteiger partial charge in [0.1, 0.15) is 0 Å². The molecule has 0 saturated heterocycles. The fourth-order valence-corrected chi connectivity index (χ4v) is 9.91. The minimum Gasteiger partial charge on any atom is -0.334 e. The van der Waals surface area contributed by atoms with E-state index in [2.05, 4.69) is 121 Å². The molecule has 2 aliphatic carbocycles. The van der Waals surface area contributed by atoms with Crippen LogP contribution in [0.5, 0.6) is 0 Å². The van der Waals surface area contributed by atoms with E-state index in [1.54, 1.807) is 5.20 Å². The first-order valence-electron chi connectivity index (χ1n) is 10.8. The number of halogens is 1. The molecule has 0 aromatic heterocycles. The standard InChI is InChI=1S/C27H28BrNSi/c1-17-15-22-23(27(17)30(4,5)21-13-9-10-14-21)16-24-25(26(22)28)18(2)19(3)29(24)20-11-7-6-8-12-20/h6-16,19,21H,1-5H3. The Morgan fingerprint density at radius 2 is 1.67 bits per heavy atom. The van der Waals surface area contributed by atoms with Crippen molar-refractivity contribution in [3.63, 3.8) is 0 Å². The molecule has 0 fully saturated rings. The van der Waals surface area contributed by atoms with Crippen molar-refractivity contribution in [3.8, 4) is 0 Å². The molecule has 1 unspecified atom stereocenters. The van der Waals surface area contributed by atoms with Gasteiger partial charge in [0.25, 0.3) is 0 Å². The van der Waals surface area contributed by atoms with E-state index in [-0.39, 0.29) is 0 Å².